The van der Waals surface area contributed by atoms with Crippen molar-refractivity contribution in [2.45, 2.75) is 32.7 Å². The van der Waals surface area contributed by atoms with Gasteiger partial charge in [0.25, 0.3) is 0 Å². The molecule has 1 aliphatic carbocycles. The van der Waals surface area contributed by atoms with Crippen molar-refractivity contribution < 1.29 is 13.2 Å². The lowest BCUT2D eigenvalue weighted by Crippen LogP contribution is -2.36. The van der Waals surface area contributed by atoms with Gasteiger partial charge in [-0.3, -0.25) is 0 Å². The minimum Gasteiger partial charge on any atom is -0.497 e. The summed E-state index contributed by atoms with van der Waals surface area (Å²) in [5, 5.41) is 4.51. The van der Waals surface area contributed by atoms with Crippen molar-refractivity contribution in [3.8, 4) is 11.4 Å². The molecule has 0 bridgehead atoms. The Labute approximate surface area is 142 Å². The standard InChI is InChI=1S/C17H23N3O3S/c1-17(2)9-15(19-24(4,21)22)14-11-18-20(16(14)10-17)12-5-7-13(23-3)8-6-12/h5-8,11,15,19H,9-10H2,1-4H3. The third-order valence-corrected chi connectivity index (χ3v) is 5.07. The highest BCUT2D eigenvalue weighted by molar-refractivity contribution is 7.88. The van der Waals surface area contributed by atoms with Crippen molar-refractivity contribution in [2.75, 3.05) is 13.4 Å². The Morgan fingerprint density at radius 2 is 1.96 bits per heavy atom. The molecule has 130 valence electrons. The average Bonchev–Trinajstić information content (AvgIpc) is 2.88. The summed E-state index contributed by atoms with van der Waals surface area (Å²) >= 11 is 0. The van der Waals surface area contributed by atoms with Crippen LogP contribution in [0, 0.1) is 5.41 Å². The molecule has 7 heteroatoms. The number of methoxy groups -OCH3 is 1. The first-order valence-electron chi connectivity index (χ1n) is 7.87. The van der Waals surface area contributed by atoms with Gasteiger partial charge in [-0.1, -0.05) is 13.8 Å². The second-order valence-electron chi connectivity index (χ2n) is 7.14. The molecule has 0 fully saturated rings. The number of ether oxygens (including phenoxy) is 1. The normalized spacial score (nSPS) is 19.8. The van der Waals surface area contributed by atoms with E-state index in [2.05, 4.69) is 23.7 Å². The summed E-state index contributed by atoms with van der Waals surface area (Å²) in [7, 11) is -1.65. The van der Waals surface area contributed by atoms with Crippen LogP contribution in [0.1, 0.15) is 37.6 Å². The summed E-state index contributed by atoms with van der Waals surface area (Å²) in [4.78, 5) is 0. The lowest BCUT2D eigenvalue weighted by Gasteiger charge is -2.35. The minimum atomic E-state index is -3.28. The quantitative estimate of drug-likeness (QED) is 0.920. The average molecular weight is 349 g/mol. The molecule has 1 unspecified atom stereocenters. The molecule has 1 N–H and O–H groups in total. The molecular weight excluding hydrogens is 326 g/mol. The van der Waals surface area contributed by atoms with Crippen LogP contribution in [0.15, 0.2) is 30.5 Å². The van der Waals surface area contributed by atoms with Crippen LogP contribution >= 0.6 is 0 Å². The monoisotopic (exact) mass is 349 g/mol. The van der Waals surface area contributed by atoms with Gasteiger partial charge in [-0.05, 0) is 42.5 Å². The first-order valence-corrected chi connectivity index (χ1v) is 9.76. The second-order valence-corrected chi connectivity index (χ2v) is 8.92. The molecule has 0 aliphatic heterocycles. The van der Waals surface area contributed by atoms with Crippen LogP contribution in [-0.4, -0.2) is 31.6 Å². The molecule has 3 rings (SSSR count). The SMILES string of the molecule is COc1ccc(-n2ncc3c2CC(C)(C)CC3NS(C)(=O)=O)cc1. The predicted molar refractivity (Wildman–Crippen MR) is 92.9 cm³/mol. The van der Waals surface area contributed by atoms with Gasteiger partial charge in [0, 0.05) is 11.3 Å². The molecule has 1 atom stereocenters. The van der Waals surface area contributed by atoms with Crippen LogP contribution in [0.25, 0.3) is 5.69 Å². The number of rotatable bonds is 4. The van der Waals surface area contributed by atoms with E-state index >= 15 is 0 Å². The van der Waals surface area contributed by atoms with Crippen LogP contribution in [-0.2, 0) is 16.4 Å². The van der Waals surface area contributed by atoms with Crippen LogP contribution in [0.5, 0.6) is 5.75 Å². The van der Waals surface area contributed by atoms with Crippen molar-refractivity contribution in [3.05, 3.63) is 41.7 Å². The van der Waals surface area contributed by atoms with Crippen LogP contribution in [0.4, 0.5) is 0 Å². The zero-order valence-corrected chi connectivity index (χ0v) is 15.2. The summed E-state index contributed by atoms with van der Waals surface area (Å²) in [6.07, 6.45) is 4.57. The van der Waals surface area contributed by atoms with Gasteiger partial charge in [-0.2, -0.15) is 5.10 Å². The van der Waals surface area contributed by atoms with Crippen molar-refractivity contribution in [2.24, 2.45) is 5.41 Å². The van der Waals surface area contributed by atoms with Crippen LogP contribution < -0.4 is 9.46 Å². The smallest absolute Gasteiger partial charge is 0.209 e. The second kappa shape index (κ2) is 5.89. The Morgan fingerprint density at radius 1 is 1.29 bits per heavy atom. The molecule has 1 aromatic carbocycles. The molecule has 1 heterocycles. The minimum absolute atomic E-state index is 0.0143. The molecule has 6 nitrogen and oxygen atoms in total. The number of nitrogens with zero attached hydrogens (tertiary/aromatic N) is 2. The topological polar surface area (TPSA) is 73.2 Å². The molecular formula is C17H23N3O3S. The largest absolute Gasteiger partial charge is 0.497 e. The Morgan fingerprint density at radius 3 is 2.54 bits per heavy atom. The van der Waals surface area contributed by atoms with Gasteiger partial charge in [0.05, 0.1) is 31.3 Å². The molecule has 0 saturated carbocycles. The van der Waals surface area contributed by atoms with Gasteiger partial charge in [0.1, 0.15) is 5.75 Å². The molecule has 0 saturated heterocycles. The van der Waals surface area contributed by atoms with E-state index in [0.717, 1.165) is 35.5 Å². The molecule has 2 aromatic rings. The van der Waals surface area contributed by atoms with Crippen LogP contribution in [0.3, 0.4) is 0 Å². The van der Waals surface area contributed by atoms with E-state index in [9.17, 15) is 8.42 Å². The van der Waals surface area contributed by atoms with E-state index < -0.39 is 10.0 Å². The number of sulfonamides is 1. The maximum absolute atomic E-state index is 11.7. The van der Waals surface area contributed by atoms with Crippen molar-refractivity contribution >= 4 is 10.0 Å². The molecule has 0 amide bonds. The first-order chi connectivity index (χ1) is 11.2. The van der Waals surface area contributed by atoms with Gasteiger partial charge in [0.15, 0.2) is 0 Å². The number of hydrogen-bond acceptors (Lipinski definition) is 4. The summed E-state index contributed by atoms with van der Waals surface area (Å²) < 4.78 is 33.3. The summed E-state index contributed by atoms with van der Waals surface area (Å²) in [5.41, 5.74) is 2.93. The molecule has 0 radical (unpaired) electrons. The molecule has 1 aliphatic rings. The summed E-state index contributed by atoms with van der Waals surface area (Å²) in [5.74, 6) is 0.789. The Bertz CT molecular complexity index is 838. The molecule has 24 heavy (non-hydrogen) atoms. The van der Waals surface area contributed by atoms with E-state index in [-0.39, 0.29) is 11.5 Å². The van der Waals surface area contributed by atoms with Crippen molar-refractivity contribution in [1.29, 1.82) is 0 Å². The zero-order chi connectivity index (χ0) is 17.5. The fraction of sp³-hybridized carbons (Fsp3) is 0.471. The number of hydrogen-bond donors (Lipinski definition) is 1. The highest BCUT2D eigenvalue weighted by Crippen LogP contribution is 2.41. The first kappa shape index (κ1) is 17.0. The fourth-order valence-electron chi connectivity index (χ4n) is 3.35. The van der Waals surface area contributed by atoms with Crippen LogP contribution in [0.2, 0.25) is 0 Å². The highest BCUT2D eigenvalue weighted by atomic mass is 32.2. The summed E-state index contributed by atoms with van der Waals surface area (Å²) in [6.45, 7) is 4.30. The molecule has 0 spiro atoms. The zero-order valence-electron chi connectivity index (χ0n) is 14.4. The van der Waals surface area contributed by atoms with Crippen molar-refractivity contribution in [1.82, 2.24) is 14.5 Å². The third kappa shape index (κ3) is 3.47. The van der Waals surface area contributed by atoms with Gasteiger partial charge in [0.2, 0.25) is 10.0 Å². The number of benzene rings is 1. The Kier molecular flexibility index (Phi) is 4.17. The molecule has 1 aromatic heterocycles. The van der Waals surface area contributed by atoms with Crippen molar-refractivity contribution in [3.63, 3.8) is 0 Å². The van der Waals surface area contributed by atoms with Gasteiger partial charge < -0.3 is 4.74 Å². The summed E-state index contributed by atoms with van der Waals surface area (Å²) in [6, 6.07) is 7.44. The number of nitrogens with one attached hydrogen (secondary N) is 1. The van der Waals surface area contributed by atoms with E-state index in [1.807, 2.05) is 28.9 Å². The fourth-order valence-corrected chi connectivity index (χ4v) is 4.08. The third-order valence-electron chi connectivity index (χ3n) is 4.35. The van der Waals surface area contributed by atoms with Gasteiger partial charge in [-0.15, -0.1) is 0 Å². The Balaban J connectivity index is 2.03. The van der Waals surface area contributed by atoms with Gasteiger partial charge >= 0.3 is 0 Å². The lowest BCUT2D eigenvalue weighted by molar-refractivity contribution is 0.269. The lowest BCUT2D eigenvalue weighted by atomic mass is 9.74. The maximum Gasteiger partial charge on any atom is 0.209 e. The van der Waals surface area contributed by atoms with E-state index in [1.165, 1.54) is 6.26 Å². The predicted octanol–water partition coefficient (Wildman–Crippen LogP) is 2.44. The van der Waals surface area contributed by atoms with E-state index in [0.29, 0.717) is 0 Å². The Hall–Kier alpha value is -1.86. The maximum atomic E-state index is 11.7. The number of aromatic nitrogens is 2. The van der Waals surface area contributed by atoms with E-state index in [4.69, 9.17) is 4.74 Å². The van der Waals surface area contributed by atoms with E-state index in [1.54, 1.807) is 13.3 Å². The highest BCUT2D eigenvalue weighted by Gasteiger charge is 2.36. The van der Waals surface area contributed by atoms with Gasteiger partial charge in [-0.25, -0.2) is 17.8 Å². The number of fused-ring (bicyclic) bond motifs is 1.